The Morgan fingerprint density at radius 2 is 1.74 bits per heavy atom. The van der Waals surface area contributed by atoms with Crippen LogP contribution in [0, 0.1) is 5.41 Å². The van der Waals surface area contributed by atoms with Crippen LogP contribution >= 0.6 is 0 Å². The molecule has 0 bridgehead atoms. The number of benzene rings is 1. The molecule has 128 valence electrons. The lowest BCUT2D eigenvalue weighted by molar-refractivity contribution is -0.141. The molecule has 2 rings (SSSR count). The van der Waals surface area contributed by atoms with Crippen molar-refractivity contribution in [3.05, 3.63) is 29.3 Å². The molecule has 0 spiro atoms. The standard InChI is InChI=1S/C17H21F3O3/c1-15(2,3)16(8-4-5-9-16)23-13-10-11(14(21)22)6-7-12(13)17(18,19)20/h6-7,10H,4-5,8-9H2,1-3H3,(H,21,22). The zero-order chi connectivity index (χ0) is 17.5. The largest absolute Gasteiger partial charge is 0.486 e. The smallest absolute Gasteiger partial charge is 0.419 e. The molecule has 23 heavy (non-hydrogen) atoms. The Labute approximate surface area is 133 Å². The number of alkyl halides is 3. The first-order chi connectivity index (χ1) is 10.5. The van der Waals surface area contributed by atoms with Gasteiger partial charge in [0.25, 0.3) is 0 Å². The third-order valence-electron chi connectivity index (χ3n) is 4.62. The van der Waals surface area contributed by atoms with Gasteiger partial charge in [0.1, 0.15) is 11.4 Å². The highest BCUT2D eigenvalue weighted by Gasteiger charge is 2.48. The van der Waals surface area contributed by atoms with Crippen molar-refractivity contribution in [2.24, 2.45) is 5.41 Å². The minimum Gasteiger partial charge on any atom is -0.486 e. The van der Waals surface area contributed by atoms with Gasteiger partial charge in [-0.05, 0) is 43.9 Å². The van der Waals surface area contributed by atoms with Gasteiger partial charge in [-0.3, -0.25) is 0 Å². The van der Waals surface area contributed by atoms with E-state index in [1.54, 1.807) is 0 Å². The highest BCUT2D eigenvalue weighted by molar-refractivity contribution is 5.88. The first-order valence-corrected chi connectivity index (χ1v) is 7.60. The molecule has 0 radical (unpaired) electrons. The average Bonchev–Trinajstić information content (AvgIpc) is 2.86. The van der Waals surface area contributed by atoms with E-state index in [1.807, 2.05) is 20.8 Å². The number of carboxylic acids is 1. The molecule has 0 saturated heterocycles. The lowest BCUT2D eigenvalue weighted by Gasteiger charge is -2.42. The summed E-state index contributed by atoms with van der Waals surface area (Å²) in [5.41, 5.74) is -2.22. The molecule has 1 fully saturated rings. The number of hydrogen-bond acceptors (Lipinski definition) is 2. The number of carboxylic acid groups (broad SMARTS) is 1. The molecule has 1 aliphatic rings. The normalized spacial score (nSPS) is 18.0. The molecule has 3 nitrogen and oxygen atoms in total. The molecule has 1 aromatic rings. The van der Waals surface area contributed by atoms with Gasteiger partial charge in [-0.1, -0.05) is 20.8 Å². The van der Waals surface area contributed by atoms with Crippen molar-refractivity contribution in [3.63, 3.8) is 0 Å². The van der Waals surface area contributed by atoms with Crippen LogP contribution in [-0.2, 0) is 6.18 Å². The summed E-state index contributed by atoms with van der Waals surface area (Å²) in [6.45, 7) is 5.81. The van der Waals surface area contributed by atoms with Crippen LogP contribution < -0.4 is 4.74 Å². The minimum absolute atomic E-state index is 0.213. The SMILES string of the molecule is CC(C)(C)C1(Oc2cc(C(=O)O)ccc2C(F)(F)F)CCCC1. The van der Waals surface area contributed by atoms with E-state index in [-0.39, 0.29) is 11.0 Å². The van der Waals surface area contributed by atoms with Crippen LogP contribution in [0.2, 0.25) is 0 Å². The topological polar surface area (TPSA) is 46.5 Å². The Morgan fingerprint density at radius 3 is 2.17 bits per heavy atom. The maximum atomic E-state index is 13.2. The Bertz CT molecular complexity index is 594. The van der Waals surface area contributed by atoms with E-state index in [9.17, 15) is 18.0 Å². The lowest BCUT2D eigenvalue weighted by atomic mass is 9.75. The van der Waals surface area contributed by atoms with Gasteiger partial charge < -0.3 is 9.84 Å². The van der Waals surface area contributed by atoms with Gasteiger partial charge in [0.15, 0.2) is 0 Å². The predicted octanol–water partition coefficient (Wildman–Crippen LogP) is 5.14. The monoisotopic (exact) mass is 330 g/mol. The highest BCUT2D eigenvalue weighted by Crippen LogP contribution is 2.48. The van der Waals surface area contributed by atoms with E-state index in [0.717, 1.165) is 31.0 Å². The fourth-order valence-corrected chi connectivity index (χ4v) is 3.14. The summed E-state index contributed by atoms with van der Waals surface area (Å²) in [6.07, 6.45) is -1.51. The number of ether oxygens (including phenoxy) is 1. The van der Waals surface area contributed by atoms with Crippen LogP contribution in [-0.4, -0.2) is 16.7 Å². The molecule has 1 aliphatic carbocycles. The van der Waals surface area contributed by atoms with E-state index < -0.39 is 29.1 Å². The summed E-state index contributed by atoms with van der Waals surface area (Å²) < 4.78 is 45.6. The van der Waals surface area contributed by atoms with Crippen molar-refractivity contribution in [2.75, 3.05) is 0 Å². The molecule has 0 atom stereocenters. The Morgan fingerprint density at radius 1 is 1.17 bits per heavy atom. The minimum atomic E-state index is -4.59. The summed E-state index contributed by atoms with van der Waals surface area (Å²) in [7, 11) is 0. The second-order valence-electron chi connectivity index (χ2n) is 7.07. The second kappa shape index (κ2) is 5.73. The summed E-state index contributed by atoms with van der Waals surface area (Å²) in [5, 5.41) is 9.05. The van der Waals surface area contributed by atoms with Crippen LogP contribution in [0.3, 0.4) is 0 Å². The molecule has 0 amide bonds. The molecule has 1 N–H and O–H groups in total. The number of carbonyl (C=O) groups is 1. The predicted molar refractivity (Wildman–Crippen MR) is 79.7 cm³/mol. The molecule has 0 aliphatic heterocycles. The third-order valence-corrected chi connectivity index (χ3v) is 4.62. The second-order valence-corrected chi connectivity index (χ2v) is 7.07. The molecule has 0 heterocycles. The van der Waals surface area contributed by atoms with Crippen LogP contribution in [0.1, 0.15) is 62.4 Å². The summed E-state index contributed by atoms with van der Waals surface area (Å²) >= 11 is 0. The first kappa shape index (κ1) is 17.6. The van der Waals surface area contributed by atoms with E-state index in [0.29, 0.717) is 12.8 Å². The van der Waals surface area contributed by atoms with E-state index in [4.69, 9.17) is 9.84 Å². The maximum Gasteiger partial charge on any atom is 0.419 e. The molecule has 0 unspecified atom stereocenters. The number of halogens is 3. The van der Waals surface area contributed by atoms with Gasteiger partial charge in [0.2, 0.25) is 0 Å². The Balaban J connectivity index is 2.52. The quantitative estimate of drug-likeness (QED) is 0.834. The molecule has 1 aromatic carbocycles. The van der Waals surface area contributed by atoms with Crippen LogP contribution in [0.5, 0.6) is 5.75 Å². The van der Waals surface area contributed by atoms with Crippen molar-refractivity contribution in [2.45, 2.75) is 58.2 Å². The molecular formula is C17H21F3O3. The van der Waals surface area contributed by atoms with E-state index >= 15 is 0 Å². The van der Waals surface area contributed by atoms with Crippen LogP contribution in [0.4, 0.5) is 13.2 Å². The van der Waals surface area contributed by atoms with Crippen molar-refractivity contribution in [3.8, 4) is 5.75 Å². The van der Waals surface area contributed by atoms with Gasteiger partial charge in [0, 0.05) is 5.41 Å². The summed E-state index contributed by atoms with van der Waals surface area (Å²) in [6, 6.07) is 2.72. The van der Waals surface area contributed by atoms with Gasteiger partial charge >= 0.3 is 12.1 Å². The third kappa shape index (κ3) is 3.46. The van der Waals surface area contributed by atoms with E-state index in [1.165, 1.54) is 0 Å². The van der Waals surface area contributed by atoms with Crippen molar-refractivity contribution in [1.82, 2.24) is 0 Å². The maximum absolute atomic E-state index is 13.2. The van der Waals surface area contributed by atoms with Gasteiger partial charge in [0.05, 0.1) is 11.1 Å². The highest BCUT2D eigenvalue weighted by atomic mass is 19.4. The zero-order valence-corrected chi connectivity index (χ0v) is 13.5. The van der Waals surface area contributed by atoms with Gasteiger partial charge in [-0.25, -0.2) is 4.79 Å². The van der Waals surface area contributed by atoms with E-state index in [2.05, 4.69) is 0 Å². The van der Waals surface area contributed by atoms with Gasteiger partial charge in [-0.2, -0.15) is 13.2 Å². The van der Waals surface area contributed by atoms with Crippen molar-refractivity contribution >= 4 is 5.97 Å². The number of hydrogen-bond donors (Lipinski definition) is 1. The average molecular weight is 330 g/mol. The zero-order valence-electron chi connectivity index (χ0n) is 13.5. The Kier molecular flexibility index (Phi) is 4.39. The molecular weight excluding hydrogens is 309 g/mol. The fourth-order valence-electron chi connectivity index (χ4n) is 3.14. The van der Waals surface area contributed by atoms with Gasteiger partial charge in [-0.15, -0.1) is 0 Å². The Hall–Kier alpha value is -1.72. The van der Waals surface area contributed by atoms with Crippen LogP contribution in [0.25, 0.3) is 0 Å². The molecule has 1 saturated carbocycles. The molecule has 6 heteroatoms. The van der Waals surface area contributed by atoms with Crippen LogP contribution in [0.15, 0.2) is 18.2 Å². The summed E-state index contributed by atoms with van der Waals surface area (Å²) in [4.78, 5) is 11.1. The first-order valence-electron chi connectivity index (χ1n) is 7.60. The lowest BCUT2D eigenvalue weighted by Crippen LogP contribution is -2.46. The van der Waals surface area contributed by atoms with Crippen molar-refractivity contribution < 1.29 is 27.8 Å². The number of rotatable bonds is 3. The summed E-state index contributed by atoms with van der Waals surface area (Å²) in [5.74, 6) is -1.67. The fraction of sp³-hybridized carbons (Fsp3) is 0.588. The molecule has 0 aromatic heterocycles. The number of aromatic carboxylic acids is 1. The van der Waals surface area contributed by atoms with Crippen molar-refractivity contribution in [1.29, 1.82) is 0 Å².